The lowest BCUT2D eigenvalue weighted by molar-refractivity contribution is -0.138. The Balaban J connectivity index is 1.41. The third kappa shape index (κ3) is 5.73. The molecule has 31 heavy (non-hydrogen) atoms. The van der Waals surface area contributed by atoms with Gasteiger partial charge in [0.05, 0.1) is 13.2 Å². The molecule has 5 heteroatoms. The molecule has 1 saturated heterocycles. The van der Waals surface area contributed by atoms with Crippen LogP contribution in [0.4, 0.5) is 5.69 Å². The molecule has 0 aromatic heterocycles. The Labute approximate surface area is 184 Å². The highest BCUT2D eigenvalue weighted by Crippen LogP contribution is 2.44. The van der Waals surface area contributed by atoms with Crippen LogP contribution in [0, 0.1) is 5.41 Å². The highest BCUT2D eigenvalue weighted by molar-refractivity contribution is 5.92. The maximum atomic E-state index is 13.1. The monoisotopic (exact) mass is 420 g/mol. The zero-order valence-electron chi connectivity index (χ0n) is 18.1. The maximum absolute atomic E-state index is 13.1. The molecule has 164 valence electrons. The van der Waals surface area contributed by atoms with E-state index in [1.54, 1.807) is 0 Å². The summed E-state index contributed by atoms with van der Waals surface area (Å²) in [5.74, 6) is 0.180. The number of benzene rings is 2. The van der Waals surface area contributed by atoms with Crippen LogP contribution in [0.1, 0.15) is 49.7 Å². The van der Waals surface area contributed by atoms with Crippen LogP contribution >= 0.6 is 0 Å². The summed E-state index contributed by atoms with van der Waals surface area (Å²) >= 11 is 0. The fourth-order valence-electron chi connectivity index (χ4n) is 4.93. The molecule has 0 spiro atoms. The first-order valence-corrected chi connectivity index (χ1v) is 11.4. The van der Waals surface area contributed by atoms with Crippen molar-refractivity contribution in [2.24, 2.45) is 5.41 Å². The van der Waals surface area contributed by atoms with Crippen LogP contribution in [-0.4, -0.2) is 43.0 Å². The van der Waals surface area contributed by atoms with Crippen LogP contribution in [0.2, 0.25) is 0 Å². The molecule has 0 unspecified atom stereocenters. The van der Waals surface area contributed by atoms with Crippen molar-refractivity contribution in [3.05, 3.63) is 65.7 Å². The lowest BCUT2D eigenvalue weighted by atomic mass is 9.78. The second-order valence-electron chi connectivity index (χ2n) is 8.92. The van der Waals surface area contributed by atoms with Gasteiger partial charge >= 0.3 is 0 Å². The molecule has 5 nitrogen and oxygen atoms in total. The van der Waals surface area contributed by atoms with Gasteiger partial charge in [-0.25, -0.2) is 0 Å². The Kier molecular flexibility index (Phi) is 7.03. The number of rotatable bonds is 7. The van der Waals surface area contributed by atoms with Gasteiger partial charge in [-0.3, -0.25) is 9.59 Å². The normalized spacial score (nSPS) is 18.0. The van der Waals surface area contributed by atoms with Crippen molar-refractivity contribution in [3.63, 3.8) is 0 Å². The van der Waals surface area contributed by atoms with Gasteiger partial charge in [0.25, 0.3) is 0 Å². The van der Waals surface area contributed by atoms with Gasteiger partial charge in [0.15, 0.2) is 0 Å². The van der Waals surface area contributed by atoms with Crippen LogP contribution in [0.3, 0.4) is 0 Å². The van der Waals surface area contributed by atoms with Gasteiger partial charge in [-0.1, -0.05) is 61.4 Å². The number of para-hydroxylation sites is 1. The average Bonchev–Trinajstić information content (AvgIpc) is 3.24. The molecule has 1 aliphatic heterocycles. The largest absolute Gasteiger partial charge is 0.378 e. The van der Waals surface area contributed by atoms with E-state index in [0.717, 1.165) is 43.4 Å². The quantitative estimate of drug-likeness (QED) is 0.722. The minimum absolute atomic E-state index is 0.0113. The molecular formula is C26H32N2O3. The Hall–Kier alpha value is -2.66. The first kappa shape index (κ1) is 21.6. The van der Waals surface area contributed by atoms with E-state index < -0.39 is 0 Å². The summed E-state index contributed by atoms with van der Waals surface area (Å²) < 4.78 is 5.37. The number of hydrogen-bond acceptors (Lipinski definition) is 3. The topological polar surface area (TPSA) is 58.6 Å². The number of carbonyl (C=O) groups is 2. The average molecular weight is 421 g/mol. The molecule has 1 aliphatic carbocycles. The van der Waals surface area contributed by atoms with E-state index in [1.165, 1.54) is 5.56 Å². The Morgan fingerprint density at radius 3 is 2.32 bits per heavy atom. The molecule has 0 atom stereocenters. The fraction of sp³-hybridized carbons (Fsp3) is 0.462. The van der Waals surface area contributed by atoms with Gasteiger partial charge in [-0.15, -0.1) is 0 Å². The predicted molar refractivity (Wildman–Crippen MR) is 122 cm³/mol. The molecule has 2 fully saturated rings. The molecule has 2 aromatic carbocycles. The summed E-state index contributed by atoms with van der Waals surface area (Å²) in [6.07, 6.45) is 5.72. The fourth-order valence-corrected chi connectivity index (χ4v) is 4.93. The first-order valence-electron chi connectivity index (χ1n) is 11.4. The molecule has 2 aromatic rings. The highest BCUT2D eigenvalue weighted by atomic mass is 16.5. The van der Waals surface area contributed by atoms with Crippen LogP contribution in [0.5, 0.6) is 0 Å². The third-order valence-corrected chi connectivity index (χ3v) is 6.62. The Bertz CT molecular complexity index is 885. The number of anilines is 1. The van der Waals surface area contributed by atoms with Crippen molar-refractivity contribution in [1.29, 1.82) is 0 Å². The van der Waals surface area contributed by atoms with Crippen molar-refractivity contribution in [1.82, 2.24) is 4.90 Å². The number of ether oxygens (including phenoxy) is 1. The van der Waals surface area contributed by atoms with Crippen LogP contribution in [0.25, 0.3) is 0 Å². The first-order chi connectivity index (χ1) is 15.1. The van der Waals surface area contributed by atoms with Crippen LogP contribution < -0.4 is 5.32 Å². The van der Waals surface area contributed by atoms with Gasteiger partial charge in [0, 0.05) is 31.6 Å². The van der Waals surface area contributed by atoms with E-state index in [-0.39, 0.29) is 17.2 Å². The van der Waals surface area contributed by atoms with E-state index in [4.69, 9.17) is 4.74 Å². The Morgan fingerprint density at radius 2 is 1.58 bits per heavy atom. The number of nitrogens with one attached hydrogen (secondary N) is 1. The van der Waals surface area contributed by atoms with Crippen molar-refractivity contribution in [2.75, 3.05) is 31.6 Å². The lowest BCUT2D eigenvalue weighted by Gasteiger charge is -2.33. The molecular weight excluding hydrogens is 388 g/mol. The van der Waals surface area contributed by atoms with Gasteiger partial charge < -0.3 is 15.0 Å². The molecule has 2 aliphatic rings. The van der Waals surface area contributed by atoms with Crippen molar-refractivity contribution in [3.8, 4) is 0 Å². The summed E-state index contributed by atoms with van der Waals surface area (Å²) in [6, 6.07) is 18.3. The summed E-state index contributed by atoms with van der Waals surface area (Å²) in [4.78, 5) is 27.9. The van der Waals surface area contributed by atoms with E-state index in [1.807, 2.05) is 41.3 Å². The molecule has 4 rings (SSSR count). The predicted octanol–water partition coefficient (Wildman–Crippen LogP) is 4.42. The summed E-state index contributed by atoms with van der Waals surface area (Å²) in [5, 5.41) is 3.15. The second-order valence-corrected chi connectivity index (χ2v) is 8.92. The number of morpholine rings is 1. The smallest absolute Gasteiger partial charge is 0.224 e. The maximum Gasteiger partial charge on any atom is 0.224 e. The molecule has 1 saturated carbocycles. The number of carbonyl (C=O) groups excluding carboxylic acids is 2. The van der Waals surface area contributed by atoms with Crippen molar-refractivity contribution >= 4 is 17.5 Å². The lowest BCUT2D eigenvalue weighted by Crippen LogP contribution is -2.43. The van der Waals surface area contributed by atoms with E-state index in [9.17, 15) is 9.59 Å². The van der Waals surface area contributed by atoms with Crippen LogP contribution in [-0.2, 0) is 20.7 Å². The zero-order chi connectivity index (χ0) is 21.5. The summed E-state index contributed by atoms with van der Waals surface area (Å²) in [6.45, 7) is 2.54. The summed E-state index contributed by atoms with van der Waals surface area (Å²) in [7, 11) is 0. The highest BCUT2D eigenvalue weighted by Gasteiger charge is 2.39. The van der Waals surface area contributed by atoms with Crippen molar-refractivity contribution in [2.45, 2.75) is 44.9 Å². The number of nitrogens with zero attached hydrogens (tertiary/aromatic N) is 1. The SMILES string of the molecule is O=C(CC1(CC(=O)N2CCOCC2)CCCC1)Nc1ccccc1Cc1ccccc1. The minimum atomic E-state index is -0.214. The van der Waals surface area contributed by atoms with E-state index in [2.05, 4.69) is 23.5 Å². The van der Waals surface area contributed by atoms with Gasteiger partial charge in [0.1, 0.15) is 0 Å². The Morgan fingerprint density at radius 1 is 0.903 bits per heavy atom. The minimum Gasteiger partial charge on any atom is -0.378 e. The van der Waals surface area contributed by atoms with E-state index in [0.29, 0.717) is 39.1 Å². The van der Waals surface area contributed by atoms with Crippen molar-refractivity contribution < 1.29 is 14.3 Å². The van der Waals surface area contributed by atoms with E-state index >= 15 is 0 Å². The van der Waals surface area contributed by atoms with Gasteiger partial charge in [-0.2, -0.15) is 0 Å². The van der Waals surface area contributed by atoms with Gasteiger partial charge in [0.2, 0.25) is 11.8 Å². The number of hydrogen-bond donors (Lipinski definition) is 1. The molecule has 2 amide bonds. The third-order valence-electron chi connectivity index (χ3n) is 6.62. The second kappa shape index (κ2) is 10.1. The molecule has 0 bridgehead atoms. The number of amides is 2. The zero-order valence-corrected chi connectivity index (χ0v) is 18.1. The molecule has 0 radical (unpaired) electrons. The van der Waals surface area contributed by atoms with Crippen LogP contribution in [0.15, 0.2) is 54.6 Å². The molecule has 1 heterocycles. The molecule has 1 N–H and O–H groups in total. The van der Waals surface area contributed by atoms with Gasteiger partial charge in [-0.05, 0) is 41.9 Å². The summed E-state index contributed by atoms with van der Waals surface area (Å²) in [5.41, 5.74) is 2.97. The standard InChI is InChI=1S/C26H32N2O3/c29-24(27-23-11-5-4-10-22(23)18-21-8-2-1-3-9-21)19-26(12-6-7-13-26)20-25(30)28-14-16-31-17-15-28/h1-5,8-11H,6-7,12-20H2,(H,27,29).